The minimum Gasteiger partial charge on any atom is -0.480 e. The second kappa shape index (κ2) is 8.44. The van der Waals surface area contributed by atoms with Gasteiger partial charge in [-0.3, -0.25) is 9.59 Å². The maximum atomic E-state index is 12.5. The van der Waals surface area contributed by atoms with E-state index in [1.54, 1.807) is 24.3 Å². The van der Waals surface area contributed by atoms with E-state index >= 15 is 0 Å². The summed E-state index contributed by atoms with van der Waals surface area (Å²) >= 11 is 0. The van der Waals surface area contributed by atoms with Crippen molar-refractivity contribution in [3.05, 3.63) is 59.7 Å². The molecule has 4 N–H and O–H groups in total. The molecule has 3 rings (SSSR count). The molecule has 0 fully saturated rings. The van der Waals surface area contributed by atoms with Crippen LogP contribution in [-0.4, -0.2) is 30.0 Å². The number of amides is 2. The van der Waals surface area contributed by atoms with E-state index in [2.05, 4.69) is 10.6 Å². The average molecular weight is 381 g/mol. The van der Waals surface area contributed by atoms with Crippen molar-refractivity contribution in [2.45, 2.75) is 44.8 Å². The first-order valence-electron chi connectivity index (χ1n) is 9.66. The number of hydrogen-bond acceptors (Lipinski definition) is 4. The van der Waals surface area contributed by atoms with Crippen molar-refractivity contribution >= 4 is 17.5 Å². The van der Waals surface area contributed by atoms with Gasteiger partial charge in [0.25, 0.3) is 11.8 Å². The van der Waals surface area contributed by atoms with Crippen molar-refractivity contribution in [3.63, 3.8) is 0 Å². The maximum Gasteiger partial charge on any atom is 0.265 e. The lowest BCUT2D eigenvalue weighted by Gasteiger charge is -2.26. The minimum atomic E-state index is -0.568. The van der Waals surface area contributed by atoms with Crippen molar-refractivity contribution in [1.29, 1.82) is 0 Å². The van der Waals surface area contributed by atoms with Crippen LogP contribution < -0.4 is 21.1 Å². The van der Waals surface area contributed by atoms with E-state index in [-0.39, 0.29) is 11.8 Å². The summed E-state index contributed by atoms with van der Waals surface area (Å²) in [7, 11) is 0. The molecule has 28 heavy (non-hydrogen) atoms. The summed E-state index contributed by atoms with van der Waals surface area (Å²) in [4.78, 5) is 25.0. The Morgan fingerprint density at radius 3 is 2.61 bits per heavy atom. The van der Waals surface area contributed by atoms with Crippen LogP contribution in [0.3, 0.4) is 0 Å². The molecule has 0 aromatic heterocycles. The van der Waals surface area contributed by atoms with Crippen LogP contribution in [0.15, 0.2) is 48.5 Å². The summed E-state index contributed by atoms with van der Waals surface area (Å²) in [5, 5.41) is 5.73. The molecule has 148 valence electrons. The van der Waals surface area contributed by atoms with Crippen LogP contribution in [0.1, 0.15) is 42.6 Å². The SMILES string of the molecule is CCC(N)(CC)CNC(=O)c1cccc(NC(=O)C2Cc3ccccc3O2)c1. The lowest BCUT2D eigenvalue weighted by atomic mass is 9.94. The van der Waals surface area contributed by atoms with Gasteiger partial charge in [-0.05, 0) is 42.7 Å². The zero-order chi connectivity index (χ0) is 20.1. The minimum absolute atomic E-state index is 0.211. The number of rotatable bonds is 7. The third-order valence-electron chi connectivity index (χ3n) is 5.34. The Bertz CT molecular complexity index is 837. The van der Waals surface area contributed by atoms with E-state index in [0.29, 0.717) is 24.2 Å². The van der Waals surface area contributed by atoms with E-state index in [1.807, 2.05) is 38.1 Å². The standard InChI is InChI=1S/C22H27N3O3/c1-3-22(23,4-2)14-24-20(26)16-9-7-10-17(12-16)25-21(27)19-13-15-8-5-6-11-18(15)28-19/h5-12,19H,3-4,13-14,23H2,1-2H3,(H,24,26)(H,25,27). The van der Waals surface area contributed by atoms with Gasteiger partial charge in [0.15, 0.2) is 6.10 Å². The number of carbonyl (C=O) groups excluding carboxylic acids is 2. The lowest BCUT2D eigenvalue weighted by molar-refractivity contribution is -0.122. The number of nitrogens with one attached hydrogen (secondary N) is 2. The maximum absolute atomic E-state index is 12.5. The van der Waals surface area contributed by atoms with Crippen molar-refractivity contribution in [3.8, 4) is 5.75 Å². The number of para-hydroxylation sites is 1. The summed E-state index contributed by atoms with van der Waals surface area (Å²) in [6.07, 6.45) is 1.53. The van der Waals surface area contributed by atoms with Gasteiger partial charge in [0.1, 0.15) is 5.75 Å². The largest absolute Gasteiger partial charge is 0.480 e. The molecule has 0 spiro atoms. The number of carbonyl (C=O) groups is 2. The monoisotopic (exact) mass is 381 g/mol. The molecular weight excluding hydrogens is 354 g/mol. The van der Waals surface area contributed by atoms with Crippen molar-refractivity contribution in [1.82, 2.24) is 5.32 Å². The van der Waals surface area contributed by atoms with Crippen LogP contribution in [0.4, 0.5) is 5.69 Å². The molecule has 1 heterocycles. The molecular formula is C22H27N3O3. The van der Waals surface area contributed by atoms with Crippen LogP contribution in [0, 0.1) is 0 Å². The van der Waals surface area contributed by atoms with Crippen LogP contribution in [-0.2, 0) is 11.2 Å². The third kappa shape index (κ3) is 4.51. The average Bonchev–Trinajstić information content (AvgIpc) is 3.16. The predicted molar refractivity (Wildman–Crippen MR) is 109 cm³/mol. The van der Waals surface area contributed by atoms with Gasteiger partial charge in [0.05, 0.1) is 0 Å². The summed E-state index contributed by atoms with van der Waals surface area (Å²) < 4.78 is 5.71. The fourth-order valence-corrected chi connectivity index (χ4v) is 3.15. The number of hydrogen-bond donors (Lipinski definition) is 3. The first-order valence-corrected chi connectivity index (χ1v) is 9.66. The second-order valence-electron chi connectivity index (χ2n) is 7.24. The van der Waals surface area contributed by atoms with E-state index in [9.17, 15) is 9.59 Å². The highest BCUT2D eigenvalue weighted by Gasteiger charge is 2.29. The van der Waals surface area contributed by atoms with E-state index in [1.165, 1.54) is 0 Å². The predicted octanol–water partition coefficient (Wildman–Crippen LogP) is 2.88. The van der Waals surface area contributed by atoms with Gasteiger partial charge in [-0.1, -0.05) is 38.1 Å². The van der Waals surface area contributed by atoms with Crippen LogP contribution >= 0.6 is 0 Å². The molecule has 1 atom stereocenters. The molecule has 2 aromatic carbocycles. The Morgan fingerprint density at radius 2 is 1.89 bits per heavy atom. The van der Waals surface area contributed by atoms with Crippen LogP contribution in [0.25, 0.3) is 0 Å². The van der Waals surface area contributed by atoms with E-state index in [0.717, 1.165) is 24.2 Å². The highest BCUT2D eigenvalue weighted by molar-refractivity contribution is 5.98. The summed E-state index contributed by atoms with van der Waals surface area (Å²) in [6, 6.07) is 14.5. The molecule has 0 radical (unpaired) electrons. The Labute approximate surface area is 165 Å². The van der Waals surface area contributed by atoms with E-state index < -0.39 is 11.6 Å². The molecule has 0 aliphatic carbocycles. The normalized spacial score (nSPS) is 15.5. The quantitative estimate of drug-likeness (QED) is 0.687. The topological polar surface area (TPSA) is 93.5 Å². The molecule has 2 amide bonds. The molecule has 0 saturated heterocycles. The number of nitrogens with two attached hydrogens (primary N) is 1. The molecule has 1 aliphatic rings. The number of benzene rings is 2. The zero-order valence-corrected chi connectivity index (χ0v) is 16.3. The summed E-state index contributed by atoms with van der Waals surface area (Å²) in [6.45, 7) is 4.42. The highest BCUT2D eigenvalue weighted by Crippen LogP contribution is 2.28. The molecule has 6 nitrogen and oxygen atoms in total. The Morgan fingerprint density at radius 1 is 1.14 bits per heavy atom. The van der Waals surface area contributed by atoms with Gasteiger partial charge < -0.3 is 21.1 Å². The fourth-order valence-electron chi connectivity index (χ4n) is 3.15. The number of anilines is 1. The molecule has 6 heteroatoms. The molecule has 2 aromatic rings. The van der Waals surface area contributed by atoms with Gasteiger partial charge in [0.2, 0.25) is 0 Å². The third-order valence-corrected chi connectivity index (χ3v) is 5.34. The summed E-state index contributed by atoms with van der Waals surface area (Å²) in [5.41, 5.74) is 7.89. The van der Waals surface area contributed by atoms with E-state index in [4.69, 9.17) is 10.5 Å². The van der Waals surface area contributed by atoms with Crippen LogP contribution in [0.5, 0.6) is 5.75 Å². The first-order chi connectivity index (χ1) is 13.4. The Kier molecular flexibility index (Phi) is 5.99. The van der Waals surface area contributed by atoms with Gasteiger partial charge >= 0.3 is 0 Å². The molecule has 0 saturated carbocycles. The van der Waals surface area contributed by atoms with Gasteiger partial charge in [-0.15, -0.1) is 0 Å². The van der Waals surface area contributed by atoms with Gasteiger partial charge in [-0.25, -0.2) is 0 Å². The van der Waals surface area contributed by atoms with Crippen molar-refractivity contribution < 1.29 is 14.3 Å². The van der Waals surface area contributed by atoms with Crippen molar-refractivity contribution in [2.75, 3.05) is 11.9 Å². The second-order valence-corrected chi connectivity index (χ2v) is 7.24. The first kappa shape index (κ1) is 19.9. The van der Waals surface area contributed by atoms with Gasteiger partial charge in [-0.2, -0.15) is 0 Å². The van der Waals surface area contributed by atoms with Crippen molar-refractivity contribution in [2.24, 2.45) is 5.73 Å². The molecule has 1 unspecified atom stereocenters. The zero-order valence-electron chi connectivity index (χ0n) is 16.3. The Hall–Kier alpha value is -2.86. The highest BCUT2D eigenvalue weighted by atomic mass is 16.5. The van der Waals surface area contributed by atoms with Crippen LogP contribution in [0.2, 0.25) is 0 Å². The fraction of sp³-hybridized carbons (Fsp3) is 0.364. The smallest absolute Gasteiger partial charge is 0.265 e. The summed E-state index contributed by atoms with van der Waals surface area (Å²) in [5.74, 6) is 0.303. The lowest BCUT2D eigenvalue weighted by Crippen LogP contribution is -2.49. The molecule has 0 bridgehead atoms. The number of fused-ring (bicyclic) bond motifs is 1. The number of ether oxygens (including phenoxy) is 1. The molecule has 1 aliphatic heterocycles. The Balaban J connectivity index is 1.60. The van der Waals surface area contributed by atoms with Gasteiger partial charge in [0, 0.05) is 29.8 Å².